The van der Waals surface area contributed by atoms with Crippen molar-refractivity contribution in [1.29, 1.82) is 0 Å². The van der Waals surface area contributed by atoms with E-state index in [4.69, 9.17) is 14.0 Å². The van der Waals surface area contributed by atoms with E-state index >= 15 is 0 Å². The Morgan fingerprint density at radius 3 is 2.37 bits per heavy atom. The highest BCUT2D eigenvalue weighted by atomic mass is 16.7. The smallest absolute Gasteiger partial charge is 0.444 e. The molecule has 6 nitrogen and oxygen atoms in total. The zero-order chi connectivity index (χ0) is 19.7. The number of hydrogen-bond acceptors (Lipinski definition) is 5. The molecule has 1 aromatic heterocycles. The van der Waals surface area contributed by atoms with Crippen molar-refractivity contribution >= 4 is 24.5 Å². The molecule has 0 N–H and O–H groups in total. The van der Waals surface area contributed by atoms with E-state index in [2.05, 4.69) is 4.98 Å². The van der Waals surface area contributed by atoms with E-state index in [0.29, 0.717) is 5.82 Å². The summed E-state index contributed by atoms with van der Waals surface area (Å²) in [5, 5.41) is 0. The molecule has 1 aromatic carbocycles. The average molecular weight is 368 g/mol. The van der Waals surface area contributed by atoms with Gasteiger partial charge in [0.1, 0.15) is 12.4 Å². The molecule has 0 radical (unpaired) electrons. The van der Waals surface area contributed by atoms with Crippen LogP contribution in [0.5, 0.6) is 0 Å². The van der Waals surface area contributed by atoms with Crippen molar-refractivity contribution in [2.45, 2.75) is 45.5 Å². The molecule has 1 aliphatic heterocycles. The van der Waals surface area contributed by atoms with Gasteiger partial charge in [-0.3, -0.25) is 4.90 Å². The first-order valence-electron chi connectivity index (χ1n) is 8.96. The first-order chi connectivity index (χ1) is 12.7. The summed E-state index contributed by atoms with van der Waals surface area (Å²) < 4.78 is 17.5. The summed E-state index contributed by atoms with van der Waals surface area (Å²) in [6, 6.07) is 13.2. The molecule has 2 aromatic rings. The zero-order valence-corrected chi connectivity index (χ0v) is 16.4. The summed E-state index contributed by atoms with van der Waals surface area (Å²) in [6.07, 6.45) is 1.16. The number of benzene rings is 1. The third-order valence-electron chi connectivity index (χ3n) is 5.12. The molecule has 142 valence electrons. The van der Waals surface area contributed by atoms with E-state index in [1.54, 1.807) is 19.3 Å². The van der Waals surface area contributed by atoms with Gasteiger partial charge in [0.15, 0.2) is 0 Å². The Morgan fingerprint density at radius 1 is 1.11 bits per heavy atom. The monoisotopic (exact) mass is 368 g/mol. The van der Waals surface area contributed by atoms with Crippen LogP contribution in [-0.2, 0) is 20.7 Å². The number of carbonyl (C=O) groups excluding carboxylic acids is 1. The van der Waals surface area contributed by atoms with Gasteiger partial charge >= 0.3 is 13.2 Å². The van der Waals surface area contributed by atoms with Crippen LogP contribution in [0.2, 0.25) is 0 Å². The lowest BCUT2D eigenvalue weighted by molar-refractivity contribution is 0.00578. The standard InChI is InChI=1S/C20H25BN2O4/c1-19(2)20(3,4)27-21(26-19)16-11-12-22-17(13-16)23(5)18(24)25-14-15-9-7-6-8-10-15/h6-13H,14H2,1-5H3. The minimum absolute atomic E-state index is 0.209. The maximum absolute atomic E-state index is 12.4. The number of amides is 1. The van der Waals surface area contributed by atoms with E-state index in [0.717, 1.165) is 11.0 Å². The van der Waals surface area contributed by atoms with Crippen molar-refractivity contribution in [2.24, 2.45) is 0 Å². The van der Waals surface area contributed by atoms with Crippen LogP contribution in [0.1, 0.15) is 33.3 Å². The van der Waals surface area contributed by atoms with Gasteiger partial charge in [0, 0.05) is 13.2 Å². The topological polar surface area (TPSA) is 60.9 Å². The Hall–Kier alpha value is -2.38. The van der Waals surface area contributed by atoms with Crippen LogP contribution in [0.3, 0.4) is 0 Å². The first kappa shape index (κ1) is 19.4. The largest absolute Gasteiger partial charge is 0.495 e. The molecule has 0 aliphatic carbocycles. The van der Waals surface area contributed by atoms with E-state index < -0.39 is 24.4 Å². The second-order valence-electron chi connectivity index (χ2n) is 7.63. The summed E-state index contributed by atoms with van der Waals surface area (Å²) in [7, 11) is 1.12. The van der Waals surface area contributed by atoms with E-state index in [9.17, 15) is 4.79 Å². The average Bonchev–Trinajstić information content (AvgIpc) is 2.87. The Balaban J connectivity index is 1.69. The zero-order valence-electron chi connectivity index (χ0n) is 16.4. The first-order valence-corrected chi connectivity index (χ1v) is 8.96. The van der Waals surface area contributed by atoms with Gasteiger partial charge in [0.25, 0.3) is 0 Å². The number of anilines is 1. The van der Waals surface area contributed by atoms with E-state index in [1.807, 2.05) is 64.1 Å². The summed E-state index contributed by atoms with van der Waals surface area (Å²) in [5.74, 6) is 0.472. The molecule has 7 heteroatoms. The highest BCUT2D eigenvalue weighted by Gasteiger charge is 2.51. The van der Waals surface area contributed by atoms with Crippen LogP contribution < -0.4 is 10.4 Å². The van der Waals surface area contributed by atoms with E-state index in [1.165, 1.54) is 4.90 Å². The number of hydrogen-bond donors (Lipinski definition) is 0. The van der Waals surface area contributed by atoms with Gasteiger partial charge in [-0.1, -0.05) is 30.3 Å². The Kier molecular flexibility index (Phi) is 5.26. The molecule has 0 atom stereocenters. The van der Waals surface area contributed by atoms with Crippen LogP contribution in [-0.4, -0.2) is 36.4 Å². The van der Waals surface area contributed by atoms with Crippen molar-refractivity contribution < 1.29 is 18.8 Å². The second kappa shape index (κ2) is 7.33. The Morgan fingerprint density at radius 2 is 1.74 bits per heavy atom. The van der Waals surface area contributed by atoms with E-state index in [-0.39, 0.29) is 6.61 Å². The summed E-state index contributed by atoms with van der Waals surface area (Å²) in [4.78, 5) is 18.0. The van der Waals surface area contributed by atoms with Gasteiger partial charge in [-0.25, -0.2) is 9.78 Å². The molecule has 1 aliphatic rings. The highest BCUT2D eigenvalue weighted by molar-refractivity contribution is 6.62. The van der Waals surface area contributed by atoms with Crippen molar-refractivity contribution in [3.8, 4) is 0 Å². The predicted octanol–water partition coefficient (Wildman–Crippen LogP) is 3.15. The quantitative estimate of drug-likeness (QED) is 0.776. The van der Waals surface area contributed by atoms with Crippen LogP contribution in [0, 0.1) is 0 Å². The maximum atomic E-state index is 12.4. The number of pyridine rings is 1. The van der Waals surface area contributed by atoms with Gasteiger partial charge in [0.2, 0.25) is 0 Å². The lowest BCUT2D eigenvalue weighted by Crippen LogP contribution is -2.41. The SMILES string of the molecule is CN(C(=O)OCc1ccccc1)c1cc(B2OC(C)(C)C(C)(C)O2)ccn1. The van der Waals surface area contributed by atoms with Gasteiger partial charge < -0.3 is 14.0 Å². The number of ether oxygens (including phenoxy) is 1. The fraction of sp³-hybridized carbons (Fsp3) is 0.400. The van der Waals surface area contributed by atoms with Gasteiger partial charge in [0.05, 0.1) is 11.2 Å². The highest BCUT2D eigenvalue weighted by Crippen LogP contribution is 2.36. The van der Waals surface area contributed by atoms with Crippen LogP contribution in [0.15, 0.2) is 48.7 Å². The van der Waals surface area contributed by atoms with Gasteiger partial charge in [-0.15, -0.1) is 0 Å². The van der Waals surface area contributed by atoms with Gasteiger partial charge in [-0.2, -0.15) is 0 Å². The fourth-order valence-corrected chi connectivity index (χ4v) is 2.65. The summed E-state index contributed by atoms with van der Waals surface area (Å²) in [6.45, 7) is 8.22. The Labute approximate surface area is 160 Å². The summed E-state index contributed by atoms with van der Waals surface area (Å²) >= 11 is 0. The van der Waals surface area contributed by atoms with Crippen molar-refractivity contribution in [3.63, 3.8) is 0 Å². The normalized spacial score (nSPS) is 17.6. The predicted molar refractivity (Wildman–Crippen MR) is 105 cm³/mol. The molecule has 27 heavy (non-hydrogen) atoms. The lowest BCUT2D eigenvalue weighted by Gasteiger charge is -2.32. The minimum Gasteiger partial charge on any atom is -0.444 e. The maximum Gasteiger partial charge on any atom is 0.495 e. The van der Waals surface area contributed by atoms with Crippen LogP contribution in [0.25, 0.3) is 0 Å². The molecule has 1 amide bonds. The molecule has 1 saturated heterocycles. The molecule has 3 rings (SSSR count). The minimum atomic E-state index is -0.509. The number of aromatic nitrogens is 1. The summed E-state index contributed by atoms with van der Waals surface area (Å²) in [5.41, 5.74) is 0.878. The molecule has 0 unspecified atom stereocenters. The van der Waals surface area contributed by atoms with Crippen molar-refractivity contribution in [1.82, 2.24) is 4.98 Å². The molecule has 2 heterocycles. The van der Waals surface area contributed by atoms with Crippen molar-refractivity contribution in [3.05, 3.63) is 54.2 Å². The number of rotatable bonds is 4. The van der Waals surface area contributed by atoms with Crippen LogP contribution >= 0.6 is 0 Å². The lowest BCUT2D eigenvalue weighted by atomic mass is 9.79. The molecular formula is C20H25BN2O4. The number of nitrogens with zero attached hydrogens (tertiary/aromatic N) is 2. The molecular weight excluding hydrogens is 343 g/mol. The fourth-order valence-electron chi connectivity index (χ4n) is 2.65. The second-order valence-corrected chi connectivity index (χ2v) is 7.63. The van der Waals surface area contributed by atoms with Gasteiger partial charge in [-0.05, 0) is 50.9 Å². The molecule has 0 bridgehead atoms. The number of carbonyl (C=O) groups is 1. The molecule has 1 fully saturated rings. The van der Waals surface area contributed by atoms with Crippen molar-refractivity contribution in [2.75, 3.05) is 11.9 Å². The third kappa shape index (κ3) is 4.15. The third-order valence-corrected chi connectivity index (χ3v) is 5.12. The molecule has 0 spiro atoms. The Bertz CT molecular complexity index is 795. The molecule has 0 saturated carbocycles. The van der Waals surface area contributed by atoms with Crippen LogP contribution in [0.4, 0.5) is 10.6 Å².